The average molecular weight is 520 g/mol. The lowest BCUT2D eigenvalue weighted by Crippen LogP contribution is -2.24. The van der Waals surface area contributed by atoms with Crippen LogP contribution in [0, 0.1) is 12.8 Å². The Morgan fingerprint density at radius 2 is 1.86 bits per heavy atom. The van der Waals surface area contributed by atoms with E-state index in [0.29, 0.717) is 42.5 Å². The van der Waals surface area contributed by atoms with Gasteiger partial charge in [0.25, 0.3) is 15.1 Å². The first-order valence-corrected chi connectivity index (χ1v) is 13.4. The summed E-state index contributed by atoms with van der Waals surface area (Å²) < 4.78 is 29.3. The van der Waals surface area contributed by atoms with Gasteiger partial charge in [-0.15, -0.1) is 0 Å². The number of carbonyl (C=O) groups excluding carboxylic acids is 1. The van der Waals surface area contributed by atoms with Gasteiger partial charge < -0.3 is 9.67 Å². The van der Waals surface area contributed by atoms with E-state index in [4.69, 9.17) is 0 Å². The molecule has 4 aromatic rings. The van der Waals surface area contributed by atoms with Crippen LogP contribution in [0.4, 0.5) is 5.69 Å². The number of imidazole rings is 1. The maximum Gasteiger partial charge on any atom is 0.354 e. The molecule has 2 N–H and O–H groups in total. The minimum atomic E-state index is -4.15. The molecule has 5 rings (SSSR count). The molecule has 0 saturated heterocycles. The Morgan fingerprint density at radius 3 is 2.51 bits per heavy atom. The second kappa shape index (κ2) is 9.40. The third-order valence-electron chi connectivity index (χ3n) is 6.35. The van der Waals surface area contributed by atoms with Gasteiger partial charge in [-0.1, -0.05) is 31.2 Å². The third kappa shape index (κ3) is 4.82. The molecule has 0 radical (unpaired) electrons. The third-order valence-corrected chi connectivity index (χ3v) is 7.71. The van der Waals surface area contributed by atoms with Gasteiger partial charge in [0, 0.05) is 24.1 Å². The standard InChI is InChI=1S/C26H25N5O5S/c1-3-22-29-23-15(2)12-20(25(32)33)28-24(23)31(22)14-16-4-6-17(7-5-16)19-10-11-27-13-21(19)30-37(35,36)26(34)18-8-9-18/h4-7,10-13,18,30H,3,8-9,14H2,1-2H3,(H,32,33). The van der Waals surface area contributed by atoms with E-state index < -0.39 is 27.0 Å². The number of sulfonamides is 1. The molecule has 1 aliphatic rings. The summed E-state index contributed by atoms with van der Waals surface area (Å²) in [5, 5.41) is 8.66. The van der Waals surface area contributed by atoms with Crippen LogP contribution in [0.25, 0.3) is 22.3 Å². The smallest absolute Gasteiger partial charge is 0.354 e. The van der Waals surface area contributed by atoms with E-state index in [0.717, 1.165) is 22.5 Å². The van der Waals surface area contributed by atoms with Crippen molar-refractivity contribution in [1.82, 2.24) is 19.5 Å². The molecule has 37 heavy (non-hydrogen) atoms. The van der Waals surface area contributed by atoms with E-state index in [1.807, 2.05) is 42.7 Å². The predicted octanol–water partition coefficient (Wildman–Crippen LogP) is 3.79. The van der Waals surface area contributed by atoms with Crippen molar-refractivity contribution in [3.8, 4) is 11.1 Å². The molecule has 0 unspecified atom stereocenters. The van der Waals surface area contributed by atoms with E-state index >= 15 is 0 Å². The van der Waals surface area contributed by atoms with E-state index in [-0.39, 0.29) is 11.4 Å². The Kier molecular flexibility index (Phi) is 6.24. The van der Waals surface area contributed by atoms with Crippen LogP contribution in [0.2, 0.25) is 0 Å². The number of hydrogen-bond acceptors (Lipinski definition) is 7. The van der Waals surface area contributed by atoms with Crippen LogP contribution in [0.15, 0.2) is 48.8 Å². The van der Waals surface area contributed by atoms with E-state index in [1.165, 1.54) is 12.3 Å². The Bertz CT molecular complexity index is 1640. The summed E-state index contributed by atoms with van der Waals surface area (Å²) in [6.45, 7) is 4.23. The first-order chi connectivity index (χ1) is 17.7. The van der Waals surface area contributed by atoms with Crippen LogP contribution >= 0.6 is 0 Å². The van der Waals surface area contributed by atoms with E-state index in [1.54, 1.807) is 12.3 Å². The highest BCUT2D eigenvalue weighted by atomic mass is 32.2. The van der Waals surface area contributed by atoms with Crippen LogP contribution in [-0.4, -0.2) is 44.1 Å². The van der Waals surface area contributed by atoms with Crippen LogP contribution in [0.1, 0.15) is 47.2 Å². The number of fused-ring (bicyclic) bond motifs is 1. The Labute approximate surface area is 213 Å². The van der Waals surface area contributed by atoms with Crippen LogP contribution < -0.4 is 4.72 Å². The summed E-state index contributed by atoms with van der Waals surface area (Å²) >= 11 is 0. The van der Waals surface area contributed by atoms with Crippen LogP contribution in [0.5, 0.6) is 0 Å². The number of nitrogens with zero attached hydrogens (tertiary/aromatic N) is 4. The van der Waals surface area contributed by atoms with Gasteiger partial charge in [-0.3, -0.25) is 14.5 Å². The van der Waals surface area contributed by atoms with Gasteiger partial charge in [0.15, 0.2) is 11.3 Å². The van der Waals surface area contributed by atoms with Crippen LogP contribution in [-0.2, 0) is 27.8 Å². The monoisotopic (exact) mass is 519 g/mol. The number of aryl methyl sites for hydroxylation is 2. The summed E-state index contributed by atoms with van der Waals surface area (Å²) in [5.74, 6) is -0.722. The number of carboxylic acid groups (broad SMARTS) is 1. The normalized spacial score (nSPS) is 13.6. The molecule has 1 aliphatic carbocycles. The topological polar surface area (TPSA) is 144 Å². The van der Waals surface area contributed by atoms with Crippen molar-refractivity contribution >= 4 is 38.0 Å². The molecule has 1 saturated carbocycles. The number of aromatic carboxylic acids is 1. The van der Waals surface area contributed by atoms with Crippen molar-refractivity contribution in [2.75, 3.05) is 4.72 Å². The Hall–Kier alpha value is -4.12. The molecule has 1 fully saturated rings. The molecule has 0 atom stereocenters. The molecule has 3 heterocycles. The molecular formula is C26H25N5O5S. The summed E-state index contributed by atoms with van der Waals surface area (Å²) in [6.07, 6.45) is 4.79. The quantitative estimate of drug-likeness (QED) is 0.358. The van der Waals surface area contributed by atoms with Gasteiger partial charge in [0.1, 0.15) is 11.3 Å². The first-order valence-electron chi connectivity index (χ1n) is 11.9. The highest BCUT2D eigenvalue weighted by molar-refractivity contribution is 8.07. The van der Waals surface area contributed by atoms with Gasteiger partial charge in [0.05, 0.1) is 18.4 Å². The predicted molar refractivity (Wildman–Crippen MR) is 138 cm³/mol. The second-order valence-corrected chi connectivity index (χ2v) is 10.7. The molecule has 0 spiro atoms. The molecular weight excluding hydrogens is 494 g/mol. The highest BCUT2D eigenvalue weighted by Crippen LogP contribution is 2.34. The maximum atomic E-state index is 12.5. The Morgan fingerprint density at radius 1 is 1.14 bits per heavy atom. The number of carbonyl (C=O) groups is 2. The minimum Gasteiger partial charge on any atom is -0.477 e. The summed E-state index contributed by atoms with van der Waals surface area (Å²) in [4.78, 5) is 36.8. The fourth-order valence-corrected chi connectivity index (χ4v) is 5.49. The molecule has 1 aromatic carbocycles. The zero-order valence-corrected chi connectivity index (χ0v) is 21.1. The number of hydrogen-bond donors (Lipinski definition) is 2. The number of anilines is 1. The lowest BCUT2D eigenvalue weighted by atomic mass is 10.0. The number of rotatable bonds is 8. The summed E-state index contributed by atoms with van der Waals surface area (Å²) in [6, 6.07) is 10.7. The molecule has 0 aliphatic heterocycles. The van der Waals surface area contributed by atoms with Gasteiger partial charge in [-0.25, -0.2) is 14.8 Å². The van der Waals surface area contributed by atoms with Gasteiger partial charge >= 0.3 is 5.97 Å². The molecule has 10 nitrogen and oxygen atoms in total. The minimum absolute atomic E-state index is 0.0306. The zero-order valence-electron chi connectivity index (χ0n) is 20.3. The van der Waals surface area contributed by atoms with Gasteiger partial charge in [-0.2, -0.15) is 8.42 Å². The molecule has 11 heteroatoms. The lowest BCUT2D eigenvalue weighted by molar-refractivity contribution is -0.112. The zero-order chi connectivity index (χ0) is 26.3. The van der Waals surface area contributed by atoms with Crippen molar-refractivity contribution in [2.45, 2.75) is 39.7 Å². The van der Waals surface area contributed by atoms with Gasteiger partial charge in [-0.05, 0) is 48.6 Å². The fourth-order valence-electron chi connectivity index (χ4n) is 4.27. The van der Waals surface area contributed by atoms with Crippen molar-refractivity contribution in [2.24, 2.45) is 5.92 Å². The molecule has 0 amide bonds. The number of aromatic nitrogens is 4. The van der Waals surface area contributed by atoms with Gasteiger partial charge in [0.2, 0.25) is 0 Å². The number of benzene rings is 1. The fraction of sp³-hybridized carbons (Fsp3) is 0.269. The second-order valence-electron chi connectivity index (χ2n) is 9.09. The SMILES string of the molecule is CCc1nc2c(C)cc(C(=O)O)nc2n1Cc1ccc(-c2ccncc2NS(=O)(=O)C(=O)C2CC2)cc1. The highest BCUT2D eigenvalue weighted by Gasteiger charge is 2.38. The largest absolute Gasteiger partial charge is 0.477 e. The Balaban J connectivity index is 1.45. The first kappa shape index (κ1) is 24.6. The lowest BCUT2D eigenvalue weighted by Gasteiger charge is -2.13. The van der Waals surface area contributed by atoms with Crippen molar-refractivity contribution in [3.05, 3.63) is 71.4 Å². The number of nitrogens with one attached hydrogen (secondary N) is 1. The van der Waals surface area contributed by atoms with Crippen molar-refractivity contribution < 1.29 is 23.1 Å². The summed E-state index contributed by atoms with van der Waals surface area (Å²) in [5.41, 5.74) is 4.42. The number of carboxylic acids is 1. The summed E-state index contributed by atoms with van der Waals surface area (Å²) in [7, 11) is -4.15. The molecule has 0 bridgehead atoms. The molecule has 3 aromatic heterocycles. The van der Waals surface area contributed by atoms with Crippen molar-refractivity contribution in [1.29, 1.82) is 0 Å². The number of pyridine rings is 2. The molecule has 190 valence electrons. The van der Waals surface area contributed by atoms with E-state index in [2.05, 4.69) is 19.7 Å². The van der Waals surface area contributed by atoms with Crippen molar-refractivity contribution in [3.63, 3.8) is 0 Å². The van der Waals surface area contributed by atoms with E-state index in [9.17, 15) is 23.1 Å². The maximum absolute atomic E-state index is 12.5. The van der Waals surface area contributed by atoms with Crippen LogP contribution in [0.3, 0.4) is 0 Å². The average Bonchev–Trinajstić information content (AvgIpc) is 3.66.